The van der Waals surface area contributed by atoms with E-state index in [0.717, 1.165) is 29.0 Å². The maximum Gasteiger partial charge on any atom is 0.329 e. The molecule has 0 unspecified atom stereocenters. The number of urea groups is 1. The first-order valence-corrected chi connectivity index (χ1v) is 20.1. The van der Waals surface area contributed by atoms with Crippen LogP contribution in [0.4, 0.5) is 13.6 Å². The number of hydrogen-bond acceptors (Lipinski definition) is 9. The summed E-state index contributed by atoms with van der Waals surface area (Å²) in [6, 6.07) is -6.54. The average Bonchev–Trinajstić information content (AvgIpc) is 3.83. The Morgan fingerprint density at radius 1 is 1.02 bits per heavy atom. The Balaban J connectivity index is 1.76. The molecule has 328 valence electrons. The molecule has 60 heavy (non-hydrogen) atoms. The Morgan fingerprint density at radius 2 is 1.68 bits per heavy atom. The van der Waals surface area contributed by atoms with Crippen molar-refractivity contribution in [3.8, 4) is 0 Å². The van der Waals surface area contributed by atoms with Crippen molar-refractivity contribution in [3.05, 3.63) is 71.5 Å². The third-order valence-corrected chi connectivity index (χ3v) is 11.0. The number of rotatable bonds is 10. The quantitative estimate of drug-likeness (QED) is 0.172. The number of aliphatic hydroxyl groups is 1. The van der Waals surface area contributed by atoms with Gasteiger partial charge in [0.05, 0.1) is 6.10 Å². The van der Waals surface area contributed by atoms with E-state index >= 15 is 0 Å². The summed E-state index contributed by atoms with van der Waals surface area (Å²) in [5.41, 5.74) is 1.24. The number of ether oxygens (including phenoxy) is 1. The van der Waals surface area contributed by atoms with Crippen LogP contribution in [0.5, 0.6) is 0 Å². The fourth-order valence-electron chi connectivity index (χ4n) is 7.65. The van der Waals surface area contributed by atoms with E-state index in [1.54, 1.807) is 12.2 Å². The highest BCUT2D eigenvalue weighted by Crippen LogP contribution is 2.27. The van der Waals surface area contributed by atoms with Crippen LogP contribution >= 0.6 is 0 Å². The molecular formula is C42H57F2N7O9. The van der Waals surface area contributed by atoms with Gasteiger partial charge >= 0.3 is 12.0 Å². The molecular weight excluding hydrogens is 784 g/mol. The van der Waals surface area contributed by atoms with E-state index in [1.165, 1.54) is 43.7 Å². The predicted octanol–water partition coefficient (Wildman–Crippen LogP) is 1.97. The number of fused-ring (bicyclic) bond motifs is 2. The molecule has 0 aromatic heterocycles. The first-order valence-electron chi connectivity index (χ1n) is 20.1. The van der Waals surface area contributed by atoms with Gasteiger partial charge in [0.1, 0.15) is 54.0 Å². The maximum atomic E-state index is 14.6. The average molecular weight is 842 g/mol. The highest BCUT2D eigenvalue weighted by atomic mass is 19.1. The van der Waals surface area contributed by atoms with Crippen molar-refractivity contribution < 1.29 is 52.2 Å². The van der Waals surface area contributed by atoms with E-state index in [9.17, 15) is 47.4 Å². The number of carbonyl (C=O) groups excluding carboxylic acids is 7. The number of allylic oxidation sites excluding steroid dienone is 4. The first kappa shape index (κ1) is 47.0. The van der Waals surface area contributed by atoms with Crippen LogP contribution in [0.25, 0.3) is 0 Å². The van der Waals surface area contributed by atoms with E-state index in [-0.39, 0.29) is 43.1 Å². The molecule has 5 N–H and O–H groups in total. The van der Waals surface area contributed by atoms with Crippen molar-refractivity contribution in [2.75, 3.05) is 20.1 Å². The lowest BCUT2D eigenvalue weighted by Gasteiger charge is -2.37. The number of benzene rings is 1. The highest BCUT2D eigenvalue weighted by Gasteiger charge is 2.47. The van der Waals surface area contributed by atoms with Crippen LogP contribution in [0.2, 0.25) is 0 Å². The number of likely N-dealkylation sites (N-methyl/N-ethyl adjacent to an activating group) is 1. The first-order chi connectivity index (χ1) is 28.2. The Morgan fingerprint density at radius 3 is 2.30 bits per heavy atom. The molecule has 3 aliphatic heterocycles. The molecule has 9 atom stereocenters. The standard InChI is InChI=1S/C42H57F2N7O9/c1-9-22(3)13-14-30(10-2)46-42(59)47-31(19-27-17-28(43)20-29(44)18-27)36(53)48-34-26(7)60-41(58)33-16-23(4)21-51(33)38(55)24(5)45-37(54)35(25(6)52)49(8)39(56)32-12-11-15-50(32)40(34)57/h10,13-14,17-18,20,23-26,31-35,52H,2,9,11-12,15-16,19,21H2,1,3-8H3,(H,45,54)(H,48,53)(H2,46,47,59)/b22-13+,30-14+/t23-,24+,25+,26+,31+,32+,33+,34+,35+/m1/s1. The smallest absolute Gasteiger partial charge is 0.329 e. The molecule has 3 saturated heterocycles. The summed E-state index contributed by atoms with van der Waals surface area (Å²) in [6.45, 7) is 13.6. The Bertz CT molecular complexity index is 1890. The van der Waals surface area contributed by atoms with Crippen LogP contribution in [0.15, 0.2) is 54.3 Å². The molecule has 0 aliphatic carbocycles. The summed E-state index contributed by atoms with van der Waals surface area (Å²) in [5.74, 6) is -6.98. The van der Waals surface area contributed by atoms with Crippen LogP contribution < -0.4 is 21.3 Å². The molecule has 1 aromatic carbocycles. The SMILES string of the molecule is C=C/C(=C\C=C(/C)CC)NC(=O)N[C@@H](Cc1cc(F)cc(F)c1)C(=O)N[C@@H]1C(=O)N2CCC[C@H]2C(=O)N(C)[C@@H]([C@H](C)O)C(=O)N[C@@H](C)C(=O)N2C[C@H](C)C[C@H]2C(=O)O[C@H]1C. The minimum Gasteiger partial charge on any atom is -0.458 e. The summed E-state index contributed by atoms with van der Waals surface area (Å²) in [6.07, 6.45) is 2.82. The zero-order valence-electron chi connectivity index (χ0n) is 35.1. The minimum atomic E-state index is -1.70. The second-order valence-corrected chi connectivity index (χ2v) is 15.9. The van der Waals surface area contributed by atoms with Gasteiger partial charge in [0.15, 0.2) is 0 Å². The second-order valence-electron chi connectivity index (χ2n) is 15.9. The zero-order valence-corrected chi connectivity index (χ0v) is 35.1. The maximum absolute atomic E-state index is 14.6. The third kappa shape index (κ3) is 11.5. The van der Waals surface area contributed by atoms with Crippen molar-refractivity contribution in [3.63, 3.8) is 0 Å². The van der Waals surface area contributed by atoms with Crippen molar-refractivity contribution >= 4 is 41.5 Å². The Hall–Kier alpha value is -5.65. The summed E-state index contributed by atoms with van der Waals surface area (Å²) < 4.78 is 34.6. The van der Waals surface area contributed by atoms with Crippen molar-refractivity contribution in [1.29, 1.82) is 0 Å². The molecule has 1 aromatic rings. The second kappa shape index (κ2) is 20.5. The lowest BCUT2D eigenvalue weighted by molar-refractivity contribution is -0.163. The van der Waals surface area contributed by atoms with Crippen molar-refractivity contribution in [2.24, 2.45) is 5.92 Å². The number of carbonyl (C=O) groups is 7. The molecule has 0 radical (unpaired) electrons. The van der Waals surface area contributed by atoms with E-state index < -0.39 is 108 Å². The van der Waals surface area contributed by atoms with Crippen LogP contribution in [0.3, 0.4) is 0 Å². The van der Waals surface area contributed by atoms with Crippen LogP contribution in [-0.2, 0) is 39.9 Å². The van der Waals surface area contributed by atoms with Gasteiger partial charge < -0.3 is 45.8 Å². The van der Waals surface area contributed by atoms with Crippen molar-refractivity contribution in [2.45, 2.75) is 122 Å². The summed E-state index contributed by atoms with van der Waals surface area (Å²) in [5, 5.41) is 20.9. The molecule has 3 fully saturated rings. The van der Waals surface area contributed by atoms with Gasteiger partial charge in [0, 0.05) is 38.3 Å². The largest absolute Gasteiger partial charge is 0.458 e. The van der Waals surface area contributed by atoms with Gasteiger partial charge in [0.2, 0.25) is 29.5 Å². The Labute approximate surface area is 348 Å². The van der Waals surface area contributed by atoms with Gasteiger partial charge in [-0.2, -0.15) is 0 Å². The molecule has 3 heterocycles. The van der Waals surface area contributed by atoms with E-state index in [1.807, 2.05) is 20.8 Å². The molecule has 0 spiro atoms. The van der Waals surface area contributed by atoms with Crippen LogP contribution in [-0.4, -0.2) is 130 Å². The van der Waals surface area contributed by atoms with Gasteiger partial charge in [-0.15, -0.1) is 0 Å². The van der Waals surface area contributed by atoms with Crippen LogP contribution in [0, 0.1) is 17.6 Å². The number of aliphatic hydroxyl groups excluding tert-OH is 1. The fourth-order valence-corrected chi connectivity index (χ4v) is 7.65. The lowest BCUT2D eigenvalue weighted by atomic mass is 10.0. The number of cyclic esters (lactones) is 1. The normalized spacial score (nSPS) is 27.1. The van der Waals surface area contributed by atoms with E-state index in [0.29, 0.717) is 12.5 Å². The number of hydrogen-bond donors (Lipinski definition) is 5. The third-order valence-electron chi connectivity index (χ3n) is 11.0. The van der Waals surface area contributed by atoms with Gasteiger partial charge in [0.25, 0.3) is 0 Å². The molecule has 18 heteroatoms. The monoisotopic (exact) mass is 841 g/mol. The summed E-state index contributed by atoms with van der Waals surface area (Å²) in [4.78, 5) is 101. The molecule has 7 amide bonds. The number of esters is 1. The van der Waals surface area contributed by atoms with Gasteiger partial charge in [-0.3, -0.25) is 24.0 Å². The minimum absolute atomic E-state index is 0.0167. The molecule has 4 rings (SSSR count). The van der Waals surface area contributed by atoms with E-state index in [2.05, 4.69) is 27.8 Å². The lowest BCUT2D eigenvalue weighted by Crippen LogP contribution is -2.63. The summed E-state index contributed by atoms with van der Waals surface area (Å²) >= 11 is 0. The molecule has 0 bridgehead atoms. The van der Waals surface area contributed by atoms with E-state index in [4.69, 9.17) is 4.74 Å². The highest BCUT2D eigenvalue weighted by molar-refractivity contribution is 5.98. The summed E-state index contributed by atoms with van der Waals surface area (Å²) in [7, 11) is 1.29. The van der Waals surface area contributed by atoms with Crippen molar-refractivity contribution in [1.82, 2.24) is 36.0 Å². The topological polar surface area (TPSA) is 207 Å². The molecule has 16 nitrogen and oxygen atoms in total. The van der Waals surface area contributed by atoms with Gasteiger partial charge in [-0.1, -0.05) is 32.1 Å². The van der Waals surface area contributed by atoms with Crippen LogP contribution in [0.1, 0.15) is 72.8 Å². The number of amides is 7. The zero-order chi connectivity index (χ0) is 44.6. The molecule has 3 aliphatic rings. The Kier molecular flexibility index (Phi) is 16.1. The van der Waals surface area contributed by atoms with Gasteiger partial charge in [-0.05, 0) is 89.1 Å². The van der Waals surface area contributed by atoms with Gasteiger partial charge in [-0.25, -0.2) is 18.4 Å². The molecule has 0 saturated carbocycles. The number of nitrogens with one attached hydrogen (secondary N) is 4. The fraction of sp³-hybridized carbons (Fsp3) is 0.548. The predicted molar refractivity (Wildman–Crippen MR) is 215 cm³/mol. The number of nitrogens with zero attached hydrogens (tertiary/aromatic N) is 3. The number of halogens is 2.